The van der Waals surface area contributed by atoms with Gasteiger partial charge in [-0.25, -0.2) is 17.2 Å². The third kappa shape index (κ3) is 4.68. The Labute approximate surface area is 197 Å². The molecular weight excluding hydrogens is 499 g/mol. The molecule has 3 aromatic rings. The summed E-state index contributed by atoms with van der Waals surface area (Å²) < 4.78 is 52.9. The van der Waals surface area contributed by atoms with Gasteiger partial charge >= 0.3 is 0 Å². The van der Waals surface area contributed by atoms with E-state index in [2.05, 4.69) is 5.32 Å². The molecule has 0 aliphatic carbocycles. The number of hydrogen-bond donors (Lipinski definition) is 1. The van der Waals surface area contributed by atoms with Crippen molar-refractivity contribution in [3.63, 3.8) is 0 Å². The molecule has 1 amide bonds. The Morgan fingerprint density at radius 1 is 1.00 bits per heavy atom. The number of halogens is 4. The molecule has 0 atom stereocenters. The molecule has 0 aromatic heterocycles. The van der Waals surface area contributed by atoms with Crippen LogP contribution in [0.5, 0.6) is 0 Å². The number of thioether (sulfide) groups is 1. The third-order valence-electron chi connectivity index (χ3n) is 4.65. The lowest BCUT2D eigenvalue weighted by Gasteiger charge is -2.19. The Hall–Kier alpha value is -2.39. The largest absolute Gasteiger partial charge is 0.320 e. The second kappa shape index (κ2) is 8.86. The molecule has 0 saturated heterocycles. The second-order valence-corrected chi connectivity index (χ2v) is 10.7. The molecule has 0 bridgehead atoms. The van der Waals surface area contributed by atoms with Gasteiger partial charge in [0.05, 0.1) is 21.2 Å². The number of carbonyl (C=O) groups is 1. The van der Waals surface area contributed by atoms with E-state index in [1.807, 2.05) is 0 Å². The smallest absolute Gasteiger partial charge is 0.262 e. The van der Waals surface area contributed by atoms with E-state index in [4.69, 9.17) is 23.2 Å². The minimum absolute atomic E-state index is 0.00912. The van der Waals surface area contributed by atoms with Gasteiger partial charge in [-0.3, -0.25) is 4.79 Å². The molecule has 1 aliphatic heterocycles. The first-order valence-electron chi connectivity index (χ1n) is 9.10. The van der Waals surface area contributed by atoms with Gasteiger partial charge in [-0.15, -0.1) is 0 Å². The van der Waals surface area contributed by atoms with Crippen LogP contribution in [0.4, 0.5) is 14.5 Å². The van der Waals surface area contributed by atoms with Crippen molar-refractivity contribution in [1.82, 2.24) is 0 Å². The van der Waals surface area contributed by atoms with Gasteiger partial charge in [-0.1, -0.05) is 41.0 Å². The molecule has 1 N–H and O–H groups in total. The van der Waals surface area contributed by atoms with Crippen molar-refractivity contribution in [2.75, 3.05) is 5.32 Å². The van der Waals surface area contributed by atoms with E-state index in [9.17, 15) is 22.0 Å². The topological polar surface area (TPSA) is 63.2 Å². The van der Waals surface area contributed by atoms with Crippen molar-refractivity contribution in [2.24, 2.45) is 0 Å². The molecule has 10 heteroatoms. The first-order chi connectivity index (χ1) is 15.1. The third-order valence-corrected chi connectivity index (χ3v) is 8.10. The lowest BCUT2D eigenvalue weighted by Crippen LogP contribution is -2.18. The Kier molecular flexibility index (Phi) is 6.31. The van der Waals surface area contributed by atoms with Crippen LogP contribution in [0.2, 0.25) is 10.0 Å². The normalized spacial score (nSPS) is 14.9. The summed E-state index contributed by atoms with van der Waals surface area (Å²) in [7, 11) is -3.81. The van der Waals surface area contributed by atoms with Crippen molar-refractivity contribution >= 4 is 62.5 Å². The van der Waals surface area contributed by atoms with Crippen LogP contribution in [0.1, 0.15) is 11.1 Å². The number of hydrogen-bond acceptors (Lipinski definition) is 4. The summed E-state index contributed by atoms with van der Waals surface area (Å²) in [5.74, 6) is -2.45. The molecule has 0 spiro atoms. The van der Waals surface area contributed by atoms with E-state index >= 15 is 0 Å². The number of carbonyl (C=O) groups excluding carboxylic acids is 1. The summed E-state index contributed by atoms with van der Waals surface area (Å²) in [5.41, 5.74) is 0.657. The highest BCUT2D eigenvalue weighted by atomic mass is 35.5. The van der Waals surface area contributed by atoms with E-state index < -0.39 is 33.1 Å². The SMILES string of the molecule is O=C1Nc2cc(S(=O)(=O)Cc3c(Cl)cccc3Cl)ccc2SC1=Cc1ccc(F)cc1F. The molecule has 4 rings (SSSR count). The van der Waals surface area contributed by atoms with Crippen molar-refractivity contribution in [3.05, 3.63) is 92.3 Å². The van der Waals surface area contributed by atoms with E-state index in [1.54, 1.807) is 24.3 Å². The maximum atomic E-state index is 13.9. The molecule has 1 aliphatic rings. The highest BCUT2D eigenvalue weighted by Gasteiger charge is 2.25. The Morgan fingerprint density at radius 3 is 2.41 bits per heavy atom. The molecule has 32 heavy (non-hydrogen) atoms. The van der Waals surface area contributed by atoms with Crippen LogP contribution in [-0.4, -0.2) is 14.3 Å². The molecule has 3 aromatic carbocycles. The fourth-order valence-electron chi connectivity index (χ4n) is 3.04. The highest BCUT2D eigenvalue weighted by molar-refractivity contribution is 8.04. The highest BCUT2D eigenvalue weighted by Crippen LogP contribution is 2.40. The van der Waals surface area contributed by atoms with Crippen LogP contribution in [0.3, 0.4) is 0 Å². The van der Waals surface area contributed by atoms with Crippen LogP contribution < -0.4 is 5.32 Å². The molecule has 4 nitrogen and oxygen atoms in total. The van der Waals surface area contributed by atoms with E-state index in [0.29, 0.717) is 16.1 Å². The zero-order valence-electron chi connectivity index (χ0n) is 16.0. The zero-order chi connectivity index (χ0) is 23.0. The minimum atomic E-state index is -3.81. The number of nitrogens with one attached hydrogen (secondary N) is 1. The quantitative estimate of drug-likeness (QED) is 0.415. The standard InChI is InChI=1S/C22H13Cl2F2NO3S2/c23-16-2-1-3-17(24)15(16)11-32(29,30)14-6-7-20-19(10-14)27-22(28)21(31-20)8-12-4-5-13(25)9-18(12)26/h1-10H,11H2,(H,27,28). The molecule has 1 heterocycles. The van der Waals surface area contributed by atoms with Gasteiger partial charge < -0.3 is 5.32 Å². The van der Waals surface area contributed by atoms with Gasteiger partial charge in [0.1, 0.15) is 11.6 Å². The van der Waals surface area contributed by atoms with Gasteiger partial charge in [0.15, 0.2) is 9.84 Å². The maximum Gasteiger partial charge on any atom is 0.262 e. The Balaban J connectivity index is 1.63. The lowest BCUT2D eigenvalue weighted by atomic mass is 10.2. The average Bonchev–Trinajstić information content (AvgIpc) is 2.73. The molecule has 164 valence electrons. The lowest BCUT2D eigenvalue weighted by molar-refractivity contribution is -0.112. The maximum absolute atomic E-state index is 13.9. The van der Waals surface area contributed by atoms with Crippen LogP contribution in [0.25, 0.3) is 6.08 Å². The Bertz CT molecular complexity index is 1370. The number of anilines is 1. The van der Waals surface area contributed by atoms with Gasteiger partial charge in [0, 0.05) is 32.1 Å². The number of rotatable bonds is 4. The molecule has 0 unspecified atom stereocenters. The van der Waals surface area contributed by atoms with Crippen molar-refractivity contribution < 1.29 is 22.0 Å². The Morgan fingerprint density at radius 2 is 1.72 bits per heavy atom. The van der Waals surface area contributed by atoms with Gasteiger partial charge in [-0.2, -0.15) is 0 Å². The first-order valence-corrected chi connectivity index (χ1v) is 12.3. The van der Waals surface area contributed by atoms with Gasteiger partial charge in [0.2, 0.25) is 0 Å². The molecule has 0 saturated carbocycles. The summed E-state index contributed by atoms with van der Waals surface area (Å²) in [5, 5.41) is 3.10. The molecular formula is C22H13Cl2F2NO3S2. The fraction of sp³-hybridized carbons (Fsp3) is 0.0455. The minimum Gasteiger partial charge on any atom is -0.320 e. The summed E-state index contributed by atoms with van der Waals surface area (Å²) in [6.07, 6.45) is 1.31. The predicted octanol–water partition coefficient (Wildman–Crippen LogP) is 6.33. The summed E-state index contributed by atoms with van der Waals surface area (Å²) >= 11 is 13.2. The van der Waals surface area contributed by atoms with Gasteiger partial charge in [0.25, 0.3) is 5.91 Å². The van der Waals surface area contributed by atoms with Crippen molar-refractivity contribution in [1.29, 1.82) is 0 Å². The van der Waals surface area contributed by atoms with Crippen molar-refractivity contribution in [3.8, 4) is 0 Å². The van der Waals surface area contributed by atoms with Crippen LogP contribution in [0.15, 0.2) is 69.3 Å². The molecule has 0 radical (unpaired) electrons. The monoisotopic (exact) mass is 511 g/mol. The fourth-order valence-corrected chi connectivity index (χ4v) is 6.08. The first kappa shape index (κ1) is 22.8. The second-order valence-electron chi connectivity index (χ2n) is 6.85. The van der Waals surface area contributed by atoms with Crippen LogP contribution >= 0.6 is 35.0 Å². The van der Waals surface area contributed by atoms with E-state index in [0.717, 1.165) is 23.9 Å². The summed E-state index contributed by atoms with van der Waals surface area (Å²) in [4.78, 5) is 13.2. The number of fused-ring (bicyclic) bond motifs is 1. The van der Waals surface area contributed by atoms with Crippen LogP contribution in [-0.2, 0) is 20.4 Å². The van der Waals surface area contributed by atoms with E-state index in [1.165, 1.54) is 24.3 Å². The zero-order valence-corrected chi connectivity index (χ0v) is 19.2. The number of benzene rings is 3. The number of amides is 1. The summed E-state index contributed by atoms with van der Waals surface area (Å²) in [6.45, 7) is 0. The predicted molar refractivity (Wildman–Crippen MR) is 123 cm³/mol. The van der Waals surface area contributed by atoms with E-state index in [-0.39, 0.29) is 25.4 Å². The van der Waals surface area contributed by atoms with Crippen LogP contribution in [0, 0.1) is 11.6 Å². The summed E-state index contributed by atoms with van der Waals surface area (Å²) in [6, 6.07) is 12.1. The number of sulfone groups is 1. The average molecular weight is 512 g/mol. The van der Waals surface area contributed by atoms with Crippen molar-refractivity contribution in [2.45, 2.75) is 15.5 Å². The molecule has 0 fully saturated rings. The van der Waals surface area contributed by atoms with Gasteiger partial charge in [-0.05, 0) is 48.5 Å².